The first-order valence-corrected chi connectivity index (χ1v) is 13.2. The van der Waals surface area contributed by atoms with Crippen molar-refractivity contribution in [3.63, 3.8) is 0 Å². The Hall–Kier alpha value is -3.67. The Morgan fingerprint density at radius 3 is 2.66 bits per heavy atom. The molecule has 1 aliphatic rings. The summed E-state index contributed by atoms with van der Waals surface area (Å²) in [4.78, 5) is 26.6. The number of carbonyl (C=O) groups excluding carboxylic acids is 1. The zero-order chi connectivity index (χ0) is 27.4. The summed E-state index contributed by atoms with van der Waals surface area (Å²) in [5, 5.41) is 9.89. The average molecular weight is 533 g/mol. The minimum Gasteiger partial charge on any atom is -0.492 e. The molecule has 0 aliphatic carbocycles. The Balaban J connectivity index is 1.75. The van der Waals surface area contributed by atoms with Crippen molar-refractivity contribution in [2.75, 3.05) is 39.0 Å². The number of nitriles is 1. The van der Waals surface area contributed by atoms with Gasteiger partial charge >= 0.3 is 0 Å². The van der Waals surface area contributed by atoms with Gasteiger partial charge in [-0.2, -0.15) is 5.26 Å². The van der Waals surface area contributed by atoms with Crippen molar-refractivity contribution in [3.8, 4) is 22.9 Å². The second-order valence-electron chi connectivity index (χ2n) is 9.48. The quantitative estimate of drug-likeness (QED) is 0.417. The molecular weight excluding hydrogens is 500 g/mol. The van der Waals surface area contributed by atoms with Gasteiger partial charge in [0, 0.05) is 42.7 Å². The van der Waals surface area contributed by atoms with E-state index in [1.54, 1.807) is 18.3 Å². The third-order valence-electron chi connectivity index (χ3n) is 7.10. The SMILES string of the molecule is CCOc1cc(C(C)N2CCc3c(cc(CCN(C)CC)cc3-c3cc(N)ncc3Cl)C2=O)ncc1C#N. The van der Waals surface area contributed by atoms with Crippen LogP contribution in [0.4, 0.5) is 5.82 Å². The standard InChI is InChI=1S/C29H33ClN6O2/c1-5-35(4)9-7-19-11-22(23-13-28(32)34-17-25(23)30)21-8-10-36(29(37)24(21)12-19)18(3)26-14-27(38-6-2)20(15-31)16-33-26/h11-14,16-18H,5-10H2,1-4H3,(H2,32,34). The fraction of sp³-hybridized carbons (Fsp3) is 0.379. The number of nitrogens with zero attached hydrogens (tertiary/aromatic N) is 5. The number of nitrogen functional groups attached to an aromatic ring is 1. The van der Waals surface area contributed by atoms with E-state index in [0.29, 0.717) is 53.0 Å². The molecule has 2 N–H and O–H groups in total. The number of fused-ring (bicyclic) bond motifs is 1. The molecule has 0 radical (unpaired) electrons. The Morgan fingerprint density at radius 2 is 1.95 bits per heavy atom. The second-order valence-corrected chi connectivity index (χ2v) is 9.89. The number of amides is 1. The molecule has 3 aromatic rings. The molecule has 0 bridgehead atoms. The van der Waals surface area contributed by atoms with Crippen molar-refractivity contribution in [1.29, 1.82) is 5.26 Å². The van der Waals surface area contributed by atoms with Gasteiger partial charge in [-0.25, -0.2) is 4.98 Å². The van der Waals surface area contributed by atoms with E-state index in [9.17, 15) is 10.1 Å². The second kappa shape index (κ2) is 11.8. The molecule has 2 aromatic heterocycles. The number of nitrogens with two attached hydrogens (primary N) is 1. The molecule has 3 heterocycles. The van der Waals surface area contributed by atoms with Crippen LogP contribution in [0.2, 0.25) is 5.02 Å². The third-order valence-corrected chi connectivity index (χ3v) is 7.40. The number of hydrogen-bond donors (Lipinski definition) is 1. The van der Waals surface area contributed by atoms with Crippen molar-refractivity contribution in [1.82, 2.24) is 19.8 Å². The number of benzene rings is 1. The number of hydrogen-bond acceptors (Lipinski definition) is 7. The summed E-state index contributed by atoms with van der Waals surface area (Å²) < 4.78 is 5.65. The summed E-state index contributed by atoms with van der Waals surface area (Å²) in [6, 6.07) is 9.49. The summed E-state index contributed by atoms with van der Waals surface area (Å²) in [7, 11) is 2.08. The van der Waals surface area contributed by atoms with E-state index in [-0.39, 0.29) is 11.9 Å². The van der Waals surface area contributed by atoms with E-state index in [2.05, 4.69) is 41.0 Å². The Morgan fingerprint density at radius 1 is 1.18 bits per heavy atom. The van der Waals surface area contributed by atoms with E-state index in [4.69, 9.17) is 22.1 Å². The first-order chi connectivity index (χ1) is 18.3. The van der Waals surface area contributed by atoms with Crippen LogP contribution in [0.15, 0.2) is 36.7 Å². The molecule has 4 rings (SSSR count). The Kier molecular flexibility index (Phi) is 8.50. The maximum atomic E-state index is 14.0. The molecule has 198 valence electrons. The van der Waals surface area contributed by atoms with E-state index in [1.165, 1.54) is 6.20 Å². The molecule has 0 spiro atoms. The Bertz CT molecular complexity index is 1390. The van der Waals surface area contributed by atoms with Gasteiger partial charge in [0.2, 0.25) is 0 Å². The van der Waals surface area contributed by atoms with Gasteiger partial charge in [0.15, 0.2) is 0 Å². The van der Waals surface area contributed by atoms with Gasteiger partial charge in [-0.3, -0.25) is 9.78 Å². The van der Waals surface area contributed by atoms with E-state index in [0.717, 1.165) is 41.8 Å². The first-order valence-electron chi connectivity index (χ1n) is 12.9. The average Bonchev–Trinajstić information content (AvgIpc) is 2.92. The number of likely N-dealkylation sites (N-methyl/N-ethyl adjacent to an activating group) is 1. The van der Waals surface area contributed by atoms with Crippen LogP contribution in [0.25, 0.3) is 11.1 Å². The van der Waals surface area contributed by atoms with Gasteiger partial charge in [0.05, 0.1) is 23.4 Å². The number of pyridine rings is 2. The molecule has 1 aromatic carbocycles. The van der Waals surface area contributed by atoms with Gasteiger partial charge < -0.3 is 20.3 Å². The number of ether oxygens (including phenoxy) is 1. The molecule has 1 aliphatic heterocycles. The molecule has 8 nitrogen and oxygen atoms in total. The van der Waals surface area contributed by atoms with Crippen molar-refractivity contribution >= 4 is 23.3 Å². The highest BCUT2D eigenvalue weighted by atomic mass is 35.5. The van der Waals surface area contributed by atoms with Crippen molar-refractivity contribution in [3.05, 3.63) is 69.6 Å². The maximum Gasteiger partial charge on any atom is 0.254 e. The lowest BCUT2D eigenvalue weighted by Gasteiger charge is -2.35. The minimum absolute atomic E-state index is 0.0621. The molecular formula is C29H33ClN6O2. The summed E-state index contributed by atoms with van der Waals surface area (Å²) in [5.74, 6) is 0.794. The first kappa shape index (κ1) is 27.4. The lowest BCUT2D eigenvalue weighted by atomic mass is 9.87. The lowest BCUT2D eigenvalue weighted by Crippen LogP contribution is -2.40. The molecule has 1 amide bonds. The van der Waals surface area contributed by atoms with Crippen LogP contribution in [0.1, 0.15) is 59.6 Å². The summed E-state index contributed by atoms with van der Waals surface area (Å²) in [5.41, 5.74) is 11.5. The van der Waals surface area contributed by atoms with Crippen LogP contribution in [-0.2, 0) is 12.8 Å². The normalized spacial score (nSPS) is 13.8. The van der Waals surface area contributed by atoms with Gasteiger partial charge in [0.1, 0.15) is 23.2 Å². The molecule has 0 fully saturated rings. The third kappa shape index (κ3) is 5.59. The number of carbonyl (C=O) groups is 1. The number of anilines is 1. The van der Waals surface area contributed by atoms with E-state index in [1.807, 2.05) is 24.8 Å². The highest BCUT2D eigenvalue weighted by Crippen LogP contribution is 2.38. The zero-order valence-corrected chi connectivity index (χ0v) is 23.0. The van der Waals surface area contributed by atoms with Crippen molar-refractivity contribution in [2.45, 2.75) is 39.7 Å². The van der Waals surface area contributed by atoms with Gasteiger partial charge in [-0.1, -0.05) is 24.6 Å². The van der Waals surface area contributed by atoms with Gasteiger partial charge in [0.25, 0.3) is 5.91 Å². The van der Waals surface area contributed by atoms with Crippen LogP contribution in [0.5, 0.6) is 5.75 Å². The van der Waals surface area contributed by atoms with Crippen LogP contribution < -0.4 is 10.5 Å². The highest BCUT2D eigenvalue weighted by Gasteiger charge is 2.32. The number of aromatic nitrogens is 2. The highest BCUT2D eigenvalue weighted by molar-refractivity contribution is 6.33. The molecule has 0 saturated carbocycles. The van der Waals surface area contributed by atoms with Crippen LogP contribution in [0, 0.1) is 11.3 Å². The molecule has 0 saturated heterocycles. The van der Waals surface area contributed by atoms with Crippen LogP contribution in [-0.4, -0.2) is 59.0 Å². The monoisotopic (exact) mass is 532 g/mol. The largest absolute Gasteiger partial charge is 0.492 e. The van der Waals surface area contributed by atoms with E-state index < -0.39 is 0 Å². The molecule has 1 atom stereocenters. The summed E-state index contributed by atoms with van der Waals surface area (Å²) in [6.45, 7) is 8.70. The topological polar surface area (TPSA) is 108 Å². The summed E-state index contributed by atoms with van der Waals surface area (Å²) in [6.07, 6.45) is 4.51. The molecule has 1 unspecified atom stereocenters. The zero-order valence-electron chi connectivity index (χ0n) is 22.3. The fourth-order valence-corrected chi connectivity index (χ4v) is 4.98. The number of rotatable bonds is 9. The smallest absolute Gasteiger partial charge is 0.254 e. The lowest BCUT2D eigenvalue weighted by molar-refractivity contribution is 0.0669. The van der Waals surface area contributed by atoms with E-state index >= 15 is 0 Å². The van der Waals surface area contributed by atoms with Gasteiger partial charge in [-0.05, 0) is 69.1 Å². The van der Waals surface area contributed by atoms with Crippen LogP contribution >= 0.6 is 11.6 Å². The number of halogens is 1. The van der Waals surface area contributed by atoms with Crippen molar-refractivity contribution in [2.24, 2.45) is 0 Å². The maximum absolute atomic E-state index is 14.0. The molecule has 38 heavy (non-hydrogen) atoms. The minimum atomic E-state index is -0.305. The molecule has 9 heteroatoms. The predicted octanol–water partition coefficient (Wildman–Crippen LogP) is 4.90. The Labute approximate surface area is 229 Å². The van der Waals surface area contributed by atoms with Gasteiger partial charge in [-0.15, -0.1) is 0 Å². The predicted molar refractivity (Wildman–Crippen MR) is 149 cm³/mol. The van der Waals surface area contributed by atoms with Crippen molar-refractivity contribution < 1.29 is 9.53 Å². The fourth-order valence-electron chi connectivity index (χ4n) is 4.77. The summed E-state index contributed by atoms with van der Waals surface area (Å²) >= 11 is 6.57. The van der Waals surface area contributed by atoms with Crippen LogP contribution in [0.3, 0.4) is 0 Å².